The molecule has 1 aromatic rings. The Hall–Kier alpha value is -1.60. The van der Waals surface area contributed by atoms with E-state index in [4.69, 9.17) is 0 Å². The van der Waals surface area contributed by atoms with Gasteiger partial charge in [0.05, 0.1) is 0 Å². The Bertz CT molecular complexity index is 522. The molecule has 0 radical (unpaired) electrons. The number of carbonyl (C=O) groups is 1. The van der Waals surface area contributed by atoms with E-state index in [2.05, 4.69) is 34.3 Å². The van der Waals surface area contributed by atoms with Crippen molar-refractivity contribution < 1.29 is 18.0 Å². The Balaban J connectivity index is 1.81. The van der Waals surface area contributed by atoms with Crippen LogP contribution in [-0.2, 0) is 4.79 Å². The molecule has 1 heterocycles. The van der Waals surface area contributed by atoms with Gasteiger partial charge in [-0.05, 0) is 19.0 Å². The number of likely N-dealkylation sites (N-methyl/N-ethyl adjacent to an activating group) is 1. The maximum Gasteiger partial charge on any atom is 0.397 e. The first-order valence-corrected chi connectivity index (χ1v) is 8.16. The summed E-state index contributed by atoms with van der Waals surface area (Å²) in [5.41, 5.74) is 1.24. The fourth-order valence-electron chi connectivity index (χ4n) is 2.97. The lowest BCUT2D eigenvalue weighted by Gasteiger charge is -2.40. The number of nitrogens with zero attached hydrogens (tertiary/aromatic N) is 2. The smallest absolute Gasteiger partial charge is 0.356 e. The van der Waals surface area contributed by atoms with Gasteiger partial charge in [-0.2, -0.15) is 13.2 Å². The average molecular weight is 343 g/mol. The van der Waals surface area contributed by atoms with Gasteiger partial charge in [0, 0.05) is 38.8 Å². The van der Waals surface area contributed by atoms with Crippen LogP contribution in [0.25, 0.3) is 0 Å². The van der Waals surface area contributed by atoms with Gasteiger partial charge in [0.15, 0.2) is 0 Å². The highest BCUT2D eigenvalue weighted by atomic mass is 19.4. The Morgan fingerprint density at radius 1 is 1.25 bits per heavy atom. The molecule has 1 saturated heterocycles. The molecule has 0 aromatic heterocycles. The minimum absolute atomic E-state index is 0.267. The SMILES string of the molecule is CN1CCN(CCCNC(=O)CC(F)(F)F)[C@H](c2ccccc2)C1. The van der Waals surface area contributed by atoms with E-state index < -0.39 is 18.5 Å². The number of amides is 1. The molecule has 0 aliphatic carbocycles. The van der Waals surface area contributed by atoms with Crippen molar-refractivity contribution in [2.24, 2.45) is 0 Å². The van der Waals surface area contributed by atoms with Gasteiger partial charge in [-0.3, -0.25) is 9.69 Å². The first-order chi connectivity index (χ1) is 11.3. The highest BCUT2D eigenvalue weighted by molar-refractivity contribution is 5.76. The standard InChI is InChI=1S/C17H24F3N3O/c1-22-10-11-23(15(13-22)14-6-3-2-4-7-14)9-5-8-21-16(24)12-17(18,19)20/h2-4,6-7,15H,5,8-13H2,1H3,(H,21,24)/t15-/m0/s1. The van der Waals surface area contributed by atoms with Gasteiger partial charge in [0.25, 0.3) is 0 Å². The Morgan fingerprint density at radius 3 is 2.62 bits per heavy atom. The number of hydrogen-bond donors (Lipinski definition) is 1. The highest BCUT2D eigenvalue weighted by Gasteiger charge is 2.31. The Labute approximate surface area is 140 Å². The lowest BCUT2D eigenvalue weighted by molar-refractivity contribution is -0.153. The quantitative estimate of drug-likeness (QED) is 0.806. The summed E-state index contributed by atoms with van der Waals surface area (Å²) in [6.45, 7) is 3.81. The normalized spacial score (nSPS) is 20.1. The molecule has 24 heavy (non-hydrogen) atoms. The van der Waals surface area contributed by atoms with Gasteiger partial charge >= 0.3 is 6.18 Å². The molecule has 1 N–H and O–H groups in total. The third-order valence-electron chi connectivity index (χ3n) is 4.18. The lowest BCUT2D eigenvalue weighted by atomic mass is 10.0. The van der Waals surface area contributed by atoms with E-state index >= 15 is 0 Å². The van der Waals surface area contributed by atoms with E-state index in [1.54, 1.807) is 0 Å². The predicted octanol–water partition coefficient (Wildman–Crippen LogP) is 2.43. The molecular weight excluding hydrogens is 319 g/mol. The summed E-state index contributed by atoms with van der Waals surface area (Å²) in [6.07, 6.45) is -5.22. The summed E-state index contributed by atoms with van der Waals surface area (Å²) in [6, 6.07) is 10.5. The third kappa shape index (κ3) is 6.13. The van der Waals surface area contributed by atoms with E-state index in [-0.39, 0.29) is 12.6 Å². The monoisotopic (exact) mass is 343 g/mol. The van der Waals surface area contributed by atoms with E-state index in [1.165, 1.54) is 5.56 Å². The molecule has 0 saturated carbocycles. The van der Waals surface area contributed by atoms with Crippen LogP contribution in [0.2, 0.25) is 0 Å². The van der Waals surface area contributed by atoms with Crippen LogP contribution in [0.4, 0.5) is 13.2 Å². The van der Waals surface area contributed by atoms with Gasteiger partial charge < -0.3 is 10.2 Å². The van der Waals surface area contributed by atoms with Crippen molar-refractivity contribution in [3.63, 3.8) is 0 Å². The Kier molecular flexibility index (Phi) is 6.62. The topological polar surface area (TPSA) is 35.6 Å². The molecule has 0 unspecified atom stereocenters. The largest absolute Gasteiger partial charge is 0.397 e. The van der Waals surface area contributed by atoms with Gasteiger partial charge in [0.2, 0.25) is 5.91 Å². The third-order valence-corrected chi connectivity index (χ3v) is 4.18. The molecule has 1 fully saturated rings. The molecule has 1 amide bonds. The van der Waals surface area contributed by atoms with E-state index in [9.17, 15) is 18.0 Å². The Morgan fingerprint density at radius 2 is 1.96 bits per heavy atom. The van der Waals surface area contributed by atoms with Gasteiger partial charge in [-0.25, -0.2) is 0 Å². The molecular formula is C17H24F3N3O. The zero-order valence-electron chi connectivity index (χ0n) is 13.9. The number of halogens is 3. The average Bonchev–Trinajstić information content (AvgIpc) is 2.52. The molecule has 1 aromatic carbocycles. The summed E-state index contributed by atoms with van der Waals surface area (Å²) < 4.78 is 36.3. The summed E-state index contributed by atoms with van der Waals surface area (Å²) in [7, 11) is 2.09. The van der Waals surface area contributed by atoms with E-state index in [0.717, 1.165) is 26.2 Å². The second-order valence-corrected chi connectivity index (χ2v) is 6.22. The van der Waals surface area contributed by atoms with E-state index in [1.807, 2.05) is 18.2 Å². The summed E-state index contributed by atoms with van der Waals surface area (Å²) in [5, 5.41) is 2.35. The van der Waals surface area contributed by atoms with Crippen LogP contribution in [0, 0.1) is 0 Å². The maximum atomic E-state index is 12.1. The number of piperazine rings is 1. The maximum absolute atomic E-state index is 12.1. The highest BCUT2D eigenvalue weighted by Crippen LogP contribution is 2.24. The number of carbonyl (C=O) groups excluding carboxylic acids is 1. The van der Waals surface area contributed by atoms with Crippen LogP contribution in [0.15, 0.2) is 30.3 Å². The van der Waals surface area contributed by atoms with E-state index in [0.29, 0.717) is 6.42 Å². The van der Waals surface area contributed by atoms with Crippen molar-refractivity contribution in [1.29, 1.82) is 0 Å². The number of alkyl halides is 3. The minimum atomic E-state index is -4.44. The molecule has 1 aliphatic heterocycles. The fourth-order valence-corrected chi connectivity index (χ4v) is 2.97. The number of benzene rings is 1. The van der Waals surface area contributed by atoms with Crippen molar-refractivity contribution in [3.8, 4) is 0 Å². The zero-order valence-corrected chi connectivity index (χ0v) is 13.9. The lowest BCUT2D eigenvalue weighted by Crippen LogP contribution is -2.47. The van der Waals surface area contributed by atoms with Crippen LogP contribution in [-0.4, -0.2) is 61.7 Å². The fraction of sp³-hybridized carbons (Fsp3) is 0.588. The zero-order chi connectivity index (χ0) is 17.6. The molecule has 1 atom stereocenters. The van der Waals surface area contributed by atoms with Crippen molar-refractivity contribution in [1.82, 2.24) is 15.1 Å². The van der Waals surface area contributed by atoms with Crippen molar-refractivity contribution in [2.45, 2.75) is 25.1 Å². The number of nitrogens with one attached hydrogen (secondary N) is 1. The molecule has 2 rings (SSSR count). The molecule has 1 aliphatic rings. The van der Waals surface area contributed by atoms with Crippen LogP contribution < -0.4 is 5.32 Å². The molecule has 0 bridgehead atoms. The van der Waals surface area contributed by atoms with Crippen molar-refractivity contribution in [2.75, 3.05) is 39.8 Å². The summed E-state index contributed by atoms with van der Waals surface area (Å²) in [5.74, 6) is -0.958. The second-order valence-electron chi connectivity index (χ2n) is 6.22. The van der Waals surface area contributed by atoms with Crippen molar-refractivity contribution >= 4 is 5.91 Å². The first kappa shape index (κ1) is 18.7. The van der Waals surface area contributed by atoms with Crippen LogP contribution >= 0.6 is 0 Å². The van der Waals surface area contributed by atoms with Crippen LogP contribution in [0.1, 0.15) is 24.4 Å². The summed E-state index contributed by atoms with van der Waals surface area (Å²) >= 11 is 0. The molecule has 0 spiro atoms. The van der Waals surface area contributed by atoms with Crippen LogP contribution in [0.3, 0.4) is 0 Å². The molecule has 4 nitrogen and oxygen atoms in total. The summed E-state index contributed by atoms with van der Waals surface area (Å²) in [4.78, 5) is 15.8. The van der Waals surface area contributed by atoms with Gasteiger partial charge in [-0.15, -0.1) is 0 Å². The second kappa shape index (κ2) is 8.48. The first-order valence-electron chi connectivity index (χ1n) is 8.16. The minimum Gasteiger partial charge on any atom is -0.356 e. The van der Waals surface area contributed by atoms with Crippen LogP contribution in [0.5, 0.6) is 0 Å². The van der Waals surface area contributed by atoms with Crippen molar-refractivity contribution in [3.05, 3.63) is 35.9 Å². The molecule has 134 valence electrons. The number of rotatable bonds is 6. The van der Waals surface area contributed by atoms with Gasteiger partial charge in [-0.1, -0.05) is 30.3 Å². The molecule has 7 heteroatoms. The number of hydrogen-bond acceptors (Lipinski definition) is 3. The van der Waals surface area contributed by atoms with Gasteiger partial charge in [0.1, 0.15) is 6.42 Å². The predicted molar refractivity (Wildman–Crippen MR) is 86.6 cm³/mol.